The Morgan fingerprint density at radius 3 is 2.61 bits per heavy atom. The molecule has 0 saturated carbocycles. The van der Waals surface area contributed by atoms with E-state index < -0.39 is 24.9 Å². The Hall–Kier alpha value is -1.87. The Morgan fingerprint density at radius 2 is 1.96 bits per heavy atom. The average Bonchev–Trinajstić information content (AvgIpc) is 2.48. The molecule has 1 aromatic rings. The largest absolute Gasteiger partial charge is 0.481 e. The van der Waals surface area contributed by atoms with Crippen molar-refractivity contribution in [2.45, 2.75) is 31.4 Å². The molecule has 1 aliphatic heterocycles. The molecule has 0 saturated heterocycles. The van der Waals surface area contributed by atoms with Crippen molar-refractivity contribution >= 4 is 11.5 Å². The van der Waals surface area contributed by atoms with Crippen LogP contribution in [0.25, 0.3) is 0 Å². The maximum Gasteiger partial charge on any atom is 0.323 e. The van der Waals surface area contributed by atoms with Crippen LogP contribution in [0.4, 0.5) is 23.2 Å². The van der Waals surface area contributed by atoms with Crippen molar-refractivity contribution in [2.75, 3.05) is 13.1 Å². The maximum atomic E-state index is 13.3. The minimum Gasteiger partial charge on any atom is -0.481 e. The molecule has 5 nitrogen and oxygen atoms in total. The highest BCUT2D eigenvalue weighted by molar-refractivity contribution is 5.89. The number of nitrogens with one attached hydrogen (secondary N) is 1. The topological polar surface area (TPSA) is 85.7 Å². The molecule has 0 radical (unpaired) electrons. The summed E-state index contributed by atoms with van der Waals surface area (Å²) < 4.78 is 58.1. The molecular weight excluding hydrogens is 316 g/mol. The van der Waals surface area contributed by atoms with Gasteiger partial charge in [-0.15, -0.1) is 0 Å². The number of alkyl halides is 4. The summed E-state index contributed by atoms with van der Waals surface area (Å²) in [5.74, 6) is -7.65. The molecule has 0 aromatic heterocycles. The molecule has 0 fully saturated rings. The van der Waals surface area contributed by atoms with Gasteiger partial charge in [0.1, 0.15) is 17.3 Å². The van der Waals surface area contributed by atoms with Crippen LogP contribution in [0.5, 0.6) is 5.75 Å². The molecule has 5 N–H and O–H groups in total. The van der Waals surface area contributed by atoms with Crippen molar-refractivity contribution in [2.24, 2.45) is 16.5 Å². The fraction of sp³-hybridized carbons (Fsp3) is 0.500. The first-order valence-electron chi connectivity index (χ1n) is 6.96. The number of halogens is 4. The number of nitrogens with zero attached hydrogens (tertiary/aromatic N) is 1. The van der Waals surface area contributed by atoms with E-state index in [1.807, 2.05) is 0 Å². The Bertz CT molecular complexity index is 606. The van der Waals surface area contributed by atoms with Gasteiger partial charge in [0, 0.05) is 6.54 Å². The molecule has 2 rings (SSSR count). The summed E-state index contributed by atoms with van der Waals surface area (Å²) in [5.41, 5.74) is 11.4. The van der Waals surface area contributed by atoms with Gasteiger partial charge < -0.3 is 21.5 Å². The van der Waals surface area contributed by atoms with Crippen molar-refractivity contribution in [3.63, 3.8) is 0 Å². The summed E-state index contributed by atoms with van der Waals surface area (Å²) in [6.45, 7) is -0.886. The van der Waals surface area contributed by atoms with Gasteiger partial charge in [-0.2, -0.15) is 17.6 Å². The smallest absolute Gasteiger partial charge is 0.323 e. The Kier molecular flexibility index (Phi) is 4.81. The van der Waals surface area contributed by atoms with Gasteiger partial charge in [0.15, 0.2) is 6.10 Å². The molecule has 1 heterocycles. The molecule has 128 valence electrons. The van der Waals surface area contributed by atoms with Gasteiger partial charge >= 0.3 is 11.8 Å². The summed E-state index contributed by atoms with van der Waals surface area (Å²) >= 11 is 0. The van der Waals surface area contributed by atoms with E-state index in [4.69, 9.17) is 10.5 Å². The average molecular weight is 334 g/mol. The molecular formula is C14H18F4N4O. The fourth-order valence-corrected chi connectivity index (χ4v) is 1.98. The molecule has 0 bridgehead atoms. The van der Waals surface area contributed by atoms with Crippen molar-refractivity contribution in [3.8, 4) is 5.75 Å². The third kappa shape index (κ3) is 3.73. The number of hydrogen-bond acceptors (Lipinski definition) is 5. The van der Waals surface area contributed by atoms with Crippen LogP contribution in [0.2, 0.25) is 0 Å². The van der Waals surface area contributed by atoms with Crippen LogP contribution >= 0.6 is 0 Å². The van der Waals surface area contributed by atoms with Crippen LogP contribution in [0.1, 0.15) is 12.5 Å². The van der Waals surface area contributed by atoms with Gasteiger partial charge in [-0.05, 0) is 24.6 Å². The van der Waals surface area contributed by atoms with E-state index in [0.29, 0.717) is 22.8 Å². The zero-order valence-corrected chi connectivity index (χ0v) is 12.5. The number of nitrogens with two attached hydrogens (primary N) is 2. The molecule has 1 aromatic carbocycles. The number of amidine groups is 1. The third-order valence-electron chi connectivity index (χ3n) is 3.46. The third-order valence-corrected chi connectivity index (χ3v) is 3.46. The summed E-state index contributed by atoms with van der Waals surface area (Å²) in [7, 11) is 0. The summed E-state index contributed by atoms with van der Waals surface area (Å²) in [6, 6.07) is 4.86. The summed E-state index contributed by atoms with van der Waals surface area (Å²) in [6.07, 6.45) is -0.344. The van der Waals surface area contributed by atoms with Gasteiger partial charge in [-0.1, -0.05) is 6.07 Å². The first-order valence-corrected chi connectivity index (χ1v) is 6.96. The minimum absolute atomic E-state index is 0.0332. The number of aliphatic imine (C=N–C) groups is 1. The normalized spacial score (nSPS) is 18.2. The van der Waals surface area contributed by atoms with Gasteiger partial charge in [-0.25, -0.2) is 4.99 Å². The molecule has 0 aliphatic carbocycles. The zero-order chi connectivity index (χ0) is 17.3. The number of fused-ring (bicyclic) bond motifs is 1. The lowest BCUT2D eigenvalue weighted by molar-refractivity contribution is -0.199. The van der Waals surface area contributed by atoms with E-state index in [2.05, 4.69) is 16.0 Å². The van der Waals surface area contributed by atoms with E-state index in [1.54, 1.807) is 25.1 Å². The quantitative estimate of drug-likeness (QED) is 0.692. The number of benzene rings is 1. The van der Waals surface area contributed by atoms with Crippen LogP contribution in [-0.2, 0) is 6.54 Å². The lowest BCUT2D eigenvalue weighted by Crippen LogP contribution is -2.51. The molecule has 0 spiro atoms. The Labute approximate surface area is 130 Å². The van der Waals surface area contributed by atoms with Gasteiger partial charge in [0.05, 0.1) is 13.1 Å². The van der Waals surface area contributed by atoms with Crippen molar-refractivity contribution in [1.29, 1.82) is 0 Å². The van der Waals surface area contributed by atoms with E-state index in [0.717, 1.165) is 0 Å². The van der Waals surface area contributed by atoms with Crippen LogP contribution in [0, 0.1) is 0 Å². The molecule has 1 aliphatic rings. The van der Waals surface area contributed by atoms with Gasteiger partial charge in [-0.3, -0.25) is 0 Å². The molecule has 0 unspecified atom stereocenters. The molecule has 0 amide bonds. The van der Waals surface area contributed by atoms with E-state index in [-0.39, 0.29) is 12.6 Å². The second-order valence-electron chi connectivity index (χ2n) is 5.32. The van der Waals surface area contributed by atoms with Crippen LogP contribution in [-0.4, -0.2) is 36.9 Å². The highest BCUT2D eigenvalue weighted by atomic mass is 19.3. The second kappa shape index (κ2) is 6.32. The second-order valence-corrected chi connectivity index (χ2v) is 5.32. The monoisotopic (exact) mass is 334 g/mol. The Morgan fingerprint density at radius 1 is 1.26 bits per heavy atom. The van der Waals surface area contributed by atoms with E-state index in [1.165, 1.54) is 0 Å². The van der Waals surface area contributed by atoms with E-state index in [9.17, 15) is 17.6 Å². The first kappa shape index (κ1) is 17.5. The lowest BCUT2D eigenvalue weighted by atomic mass is 10.1. The first-order chi connectivity index (χ1) is 10.7. The summed E-state index contributed by atoms with van der Waals surface area (Å²) in [4.78, 5) is 4.15. The number of hydrogen-bond donors (Lipinski definition) is 3. The minimum atomic E-state index is -4.25. The highest BCUT2D eigenvalue weighted by Crippen LogP contribution is 2.34. The SMILES string of the molecule is C[C@H]1Oc2ccc(CNCC(F)(F)C(F)(F)CN)cc2N=C1N. The highest BCUT2D eigenvalue weighted by Gasteiger charge is 2.54. The van der Waals surface area contributed by atoms with Crippen molar-refractivity contribution < 1.29 is 22.3 Å². The molecule has 1 atom stereocenters. The predicted octanol–water partition coefficient (Wildman–Crippen LogP) is 1.78. The Balaban J connectivity index is 2.00. The van der Waals surface area contributed by atoms with Crippen LogP contribution < -0.4 is 21.5 Å². The molecule has 9 heteroatoms. The van der Waals surface area contributed by atoms with E-state index >= 15 is 0 Å². The van der Waals surface area contributed by atoms with Crippen molar-refractivity contribution in [3.05, 3.63) is 23.8 Å². The van der Waals surface area contributed by atoms with Crippen LogP contribution in [0.15, 0.2) is 23.2 Å². The fourth-order valence-electron chi connectivity index (χ4n) is 1.98. The summed E-state index contributed by atoms with van der Waals surface area (Å²) in [5, 5.41) is 2.30. The number of rotatable bonds is 6. The van der Waals surface area contributed by atoms with Crippen molar-refractivity contribution in [1.82, 2.24) is 5.32 Å². The standard InChI is InChI=1S/C14H18F4N4O/c1-8-12(20)22-10-4-9(2-3-11(10)23-8)5-21-7-14(17,18)13(15,16)6-19/h2-4,8,21H,5-7,19H2,1H3,(H2,20,22)/t8-/m1/s1. The lowest BCUT2D eigenvalue weighted by Gasteiger charge is -2.25. The van der Waals surface area contributed by atoms with Crippen LogP contribution in [0.3, 0.4) is 0 Å². The number of ether oxygens (including phenoxy) is 1. The van der Waals surface area contributed by atoms with Gasteiger partial charge in [0.25, 0.3) is 0 Å². The maximum absolute atomic E-state index is 13.3. The molecule has 23 heavy (non-hydrogen) atoms. The zero-order valence-electron chi connectivity index (χ0n) is 12.5. The van der Waals surface area contributed by atoms with Gasteiger partial charge in [0.2, 0.25) is 0 Å². The predicted molar refractivity (Wildman–Crippen MR) is 78.5 cm³/mol.